The Hall–Kier alpha value is -0.875. The number of rotatable bonds is 3. The number of hydrogen-bond donors (Lipinski definition) is 1. The molecule has 1 N–H and O–H groups in total. The van der Waals surface area contributed by atoms with Crippen molar-refractivity contribution in [2.75, 3.05) is 6.61 Å². The zero-order valence-corrected chi connectivity index (χ0v) is 13.4. The van der Waals surface area contributed by atoms with Crippen molar-refractivity contribution in [3.8, 4) is 0 Å². The smallest absolute Gasteiger partial charge is 0.400 e. The summed E-state index contributed by atoms with van der Waals surface area (Å²) in [6.07, 6.45) is 1.65. The van der Waals surface area contributed by atoms with Gasteiger partial charge in [-0.25, -0.2) is 4.39 Å². The van der Waals surface area contributed by atoms with E-state index in [9.17, 15) is 9.50 Å². The molecule has 0 aliphatic carbocycles. The molecule has 0 spiro atoms. The fourth-order valence-electron chi connectivity index (χ4n) is 2.00. The fourth-order valence-corrected chi connectivity index (χ4v) is 2.12. The standard InChI is InChI=1S/C15H19BClFO3/c1-14(2)15(3,4)21-16(20-14)11(9-19)7-10-5-6-12(17)13(18)8-10/h5-8,19H,9H2,1-4H3. The van der Waals surface area contributed by atoms with E-state index in [1.54, 1.807) is 12.1 Å². The maximum atomic E-state index is 13.5. The topological polar surface area (TPSA) is 38.7 Å². The third-order valence-electron chi connectivity index (χ3n) is 4.03. The molecular weight excluding hydrogens is 293 g/mol. The summed E-state index contributed by atoms with van der Waals surface area (Å²) in [7, 11) is -0.654. The average Bonchev–Trinajstić information content (AvgIpc) is 2.59. The molecule has 114 valence electrons. The highest BCUT2D eigenvalue weighted by molar-refractivity contribution is 6.55. The second kappa shape index (κ2) is 5.73. The summed E-state index contributed by atoms with van der Waals surface area (Å²) in [4.78, 5) is 0. The Morgan fingerprint density at radius 1 is 1.29 bits per heavy atom. The summed E-state index contributed by atoms with van der Waals surface area (Å²) in [5, 5.41) is 9.63. The molecule has 1 aliphatic rings. The predicted molar refractivity (Wildman–Crippen MR) is 82.6 cm³/mol. The summed E-state index contributed by atoms with van der Waals surface area (Å²) in [6.45, 7) is 7.50. The largest absolute Gasteiger partial charge is 0.492 e. The highest BCUT2D eigenvalue weighted by atomic mass is 35.5. The first-order chi connectivity index (χ1) is 9.66. The van der Waals surface area contributed by atoms with Gasteiger partial charge < -0.3 is 14.4 Å². The summed E-state index contributed by atoms with van der Waals surface area (Å²) in [5.74, 6) is -0.503. The van der Waals surface area contributed by atoms with Gasteiger partial charge in [0.1, 0.15) is 5.82 Å². The monoisotopic (exact) mass is 312 g/mol. The number of aliphatic hydroxyl groups is 1. The zero-order chi connectivity index (χ0) is 15.8. The fraction of sp³-hybridized carbons (Fsp3) is 0.467. The Labute approximate surface area is 129 Å². The quantitative estimate of drug-likeness (QED) is 0.868. The first-order valence-electron chi connectivity index (χ1n) is 6.78. The van der Waals surface area contributed by atoms with Gasteiger partial charge in [-0.1, -0.05) is 23.7 Å². The highest BCUT2D eigenvalue weighted by Gasteiger charge is 2.52. The lowest BCUT2D eigenvalue weighted by Gasteiger charge is -2.32. The summed E-state index contributed by atoms with van der Waals surface area (Å²) in [5.41, 5.74) is 0.153. The van der Waals surface area contributed by atoms with Crippen LogP contribution in [-0.2, 0) is 9.31 Å². The van der Waals surface area contributed by atoms with Gasteiger partial charge >= 0.3 is 7.12 Å². The lowest BCUT2D eigenvalue weighted by atomic mass is 9.77. The molecule has 1 fully saturated rings. The summed E-state index contributed by atoms with van der Waals surface area (Å²) >= 11 is 5.66. The third-order valence-corrected chi connectivity index (χ3v) is 4.34. The van der Waals surface area contributed by atoms with Gasteiger partial charge in [0.2, 0.25) is 0 Å². The lowest BCUT2D eigenvalue weighted by molar-refractivity contribution is 0.00578. The highest BCUT2D eigenvalue weighted by Crippen LogP contribution is 2.38. The van der Waals surface area contributed by atoms with E-state index in [1.165, 1.54) is 12.1 Å². The maximum Gasteiger partial charge on any atom is 0.492 e. The summed E-state index contributed by atoms with van der Waals surface area (Å²) < 4.78 is 25.2. The minimum Gasteiger partial charge on any atom is -0.400 e. The normalized spacial score (nSPS) is 20.9. The van der Waals surface area contributed by atoms with Gasteiger partial charge in [0, 0.05) is 0 Å². The minimum absolute atomic E-state index is 0.0633. The molecule has 1 aromatic rings. The van der Waals surface area contributed by atoms with Crippen LogP contribution in [0.5, 0.6) is 0 Å². The van der Waals surface area contributed by atoms with Crippen LogP contribution in [-0.4, -0.2) is 30.0 Å². The van der Waals surface area contributed by atoms with E-state index in [2.05, 4.69) is 0 Å². The zero-order valence-electron chi connectivity index (χ0n) is 12.6. The third kappa shape index (κ3) is 3.32. The first kappa shape index (κ1) is 16.5. The van der Waals surface area contributed by atoms with Crippen molar-refractivity contribution in [2.24, 2.45) is 0 Å². The Balaban J connectivity index is 2.28. The SMILES string of the molecule is CC1(C)OB(C(=Cc2ccc(Cl)c(F)c2)CO)OC1(C)C. The molecule has 1 saturated heterocycles. The molecule has 0 saturated carbocycles. The van der Waals surface area contributed by atoms with E-state index in [-0.39, 0.29) is 11.6 Å². The van der Waals surface area contributed by atoms with Crippen molar-refractivity contribution >= 4 is 24.8 Å². The number of benzene rings is 1. The Morgan fingerprint density at radius 2 is 1.86 bits per heavy atom. The molecular formula is C15H19BClFO3. The summed E-state index contributed by atoms with van der Waals surface area (Å²) in [6, 6.07) is 4.46. The Morgan fingerprint density at radius 3 is 2.33 bits per heavy atom. The number of aliphatic hydroxyl groups excluding tert-OH is 1. The molecule has 1 aliphatic heterocycles. The molecule has 0 radical (unpaired) electrons. The van der Waals surface area contributed by atoms with Gasteiger partial charge in [-0.15, -0.1) is 0 Å². The van der Waals surface area contributed by atoms with Crippen LogP contribution >= 0.6 is 11.6 Å². The van der Waals surface area contributed by atoms with Gasteiger partial charge in [-0.3, -0.25) is 0 Å². The molecule has 2 rings (SSSR count). The van der Waals surface area contributed by atoms with E-state index in [0.29, 0.717) is 11.0 Å². The Bertz CT molecular complexity index is 556. The minimum atomic E-state index is -0.654. The molecule has 0 amide bonds. The van der Waals surface area contributed by atoms with Crippen molar-refractivity contribution in [1.29, 1.82) is 0 Å². The van der Waals surface area contributed by atoms with Crippen LogP contribution < -0.4 is 0 Å². The molecule has 21 heavy (non-hydrogen) atoms. The first-order valence-corrected chi connectivity index (χ1v) is 7.16. The van der Waals surface area contributed by atoms with Crippen LogP contribution in [0.4, 0.5) is 4.39 Å². The van der Waals surface area contributed by atoms with Crippen LogP contribution in [0, 0.1) is 5.82 Å². The van der Waals surface area contributed by atoms with Gasteiger partial charge in [0.15, 0.2) is 0 Å². The second-order valence-electron chi connectivity index (χ2n) is 6.14. The van der Waals surface area contributed by atoms with Crippen LogP contribution in [0.3, 0.4) is 0 Å². The van der Waals surface area contributed by atoms with Crippen molar-refractivity contribution in [1.82, 2.24) is 0 Å². The van der Waals surface area contributed by atoms with Crippen LogP contribution in [0.25, 0.3) is 6.08 Å². The Kier molecular flexibility index (Phi) is 4.50. The average molecular weight is 313 g/mol. The maximum absolute atomic E-state index is 13.5. The molecule has 1 aromatic carbocycles. The molecule has 0 atom stereocenters. The van der Waals surface area contributed by atoms with Gasteiger partial charge in [0.25, 0.3) is 0 Å². The van der Waals surface area contributed by atoms with E-state index < -0.39 is 24.1 Å². The molecule has 6 heteroatoms. The lowest BCUT2D eigenvalue weighted by Crippen LogP contribution is -2.41. The van der Waals surface area contributed by atoms with Crippen molar-refractivity contribution in [3.63, 3.8) is 0 Å². The molecule has 0 unspecified atom stereocenters. The van der Waals surface area contributed by atoms with E-state index >= 15 is 0 Å². The predicted octanol–water partition coefficient (Wildman–Crippen LogP) is 3.49. The van der Waals surface area contributed by atoms with Gasteiger partial charge in [-0.2, -0.15) is 0 Å². The van der Waals surface area contributed by atoms with Crippen LogP contribution in [0.1, 0.15) is 33.3 Å². The van der Waals surface area contributed by atoms with E-state index in [4.69, 9.17) is 20.9 Å². The second-order valence-corrected chi connectivity index (χ2v) is 6.55. The number of hydrogen-bond acceptors (Lipinski definition) is 3. The van der Waals surface area contributed by atoms with E-state index in [0.717, 1.165) is 0 Å². The van der Waals surface area contributed by atoms with Crippen LogP contribution in [0.2, 0.25) is 5.02 Å². The molecule has 0 aromatic heterocycles. The van der Waals surface area contributed by atoms with Crippen molar-refractivity contribution in [3.05, 3.63) is 40.1 Å². The molecule has 1 heterocycles. The van der Waals surface area contributed by atoms with E-state index in [1.807, 2.05) is 27.7 Å². The van der Waals surface area contributed by atoms with Crippen LogP contribution in [0.15, 0.2) is 23.7 Å². The van der Waals surface area contributed by atoms with Crippen molar-refractivity contribution in [2.45, 2.75) is 38.9 Å². The van der Waals surface area contributed by atoms with Crippen molar-refractivity contribution < 1.29 is 18.8 Å². The van der Waals surface area contributed by atoms with Gasteiger partial charge in [0.05, 0.1) is 22.8 Å². The van der Waals surface area contributed by atoms with Gasteiger partial charge in [-0.05, 0) is 50.9 Å². The molecule has 0 bridgehead atoms. The number of halogens is 2. The molecule has 3 nitrogen and oxygen atoms in total.